The van der Waals surface area contributed by atoms with Gasteiger partial charge in [0.25, 0.3) is 5.91 Å². The van der Waals surface area contributed by atoms with Gasteiger partial charge in [0.15, 0.2) is 5.82 Å². The van der Waals surface area contributed by atoms with Crippen LogP contribution in [0.1, 0.15) is 41.0 Å². The topological polar surface area (TPSA) is 77.6 Å². The van der Waals surface area contributed by atoms with Crippen LogP contribution in [0.3, 0.4) is 0 Å². The first-order valence-corrected chi connectivity index (χ1v) is 10.0. The normalized spacial score (nSPS) is 13.7. The van der Waals surface area contributed by atoms with Crippen molar-refractivity contribution in [2.75, 3.05) is 6.54 Å². The first-order valence-electron chi connectivity index (χ1n) is 10.0. The van der Waals surface area contributed by atoms with E-state index in [1.54, 1.807) is 10.7 Å². The van der Waals surface area contributed by atoms with Gasteiger partial charge in [0, 0.05) is 25.9 Å². The van der Waals surface area contributed by atoms with Crippen molar-refractivity contribution in [2.24, 2.45) is 7.05 Å². The minimum Gasteiger partial charge on any atom is -0.349 e. The highest BCUT2D eigenvalue weighted by atomic mass is 19.1. The number of carbonyl (C=O) groups excluding carboxylic acids is 1. The number of fused-ring (bicyclic) bond motifs is 1. The van der Waals surface area contributed by atoms with E-state index in [9.17, 15) is 9.18 Å². The molecule has 0 atom stereocenters. The molecule has 4 aromatic rings. The maximum atomic E-state index is 13.9. The predicted octanol–water partition coefficient (Wildman–Crippen LogP) is 3.14. The number of hydrogen-bond acceptors (Lipinski definition) is 4. The van der Waals surface area contributed by atoms with E-state index in [0.717, 1.165) is 29.9 Å². The summed E-state index contributed by atoms with van der Waals surface area (Å²) >= 11 is 0. The molecule has 30 heavy (non-hydrogen) atoms. The van der Waals surface area contributed by atoms with Crippen molar-refractivity contribution < 1.29 is 9.18 Å². The summed E-state index contributed by atoms with van der Waals surface area (Å²) in [6.07, 6.45) is 2.61. The SMILES string of the molecule is Cn1c(CCNC(=O)c2nc(C3CC3)n(-c3ccccc3)n2)nc2c(F)cccc21. The molecule has 0 aliphatic heterocycles. The number of nitrogens with one attached hydrogen (secondary N) is 1. The zero-order valence-corrected chi connectivity index (χ0v) is 16.5. The van der Waals surface area contributed by atoms with Crippen molar-refractivity contribution in [3.8, 4) is 5.69 Å². The van der Waals surface area contributed by atoms with Gasteiger partial charge in [-0.05, 0) is 37.1 Å². The second-order valence-corrected chi connectivity index (χ2v) is 7.52. The summed E-state index contributed by atoms with van der Waals surface area (Å²) in [5.74, 6) is 1.39. The Morgan fingerprint density at radius 2 is 1.93 bits per heavy atom. The zero-order chi connectivity index (χ0) is 20.7. The van der Waals surface area contributed by atoms with E-state index in [2.05, 4.69) is 20.4 Å². The quantitative estimate of drug-likeness (QED) is 0.536. The lowest BCUT2D eigenvalue weighted by atomic mass is 10.3. The maximum absolute atomic E-state index is 13.9. The van der Waals surface area contributed by atoms with Crippen LogP contribution in [-0.2, 0) is 13.5 Å². The average Bonchev–Trinajstić information content (AvgIpc) is 3.43. The van der Waals surface area contributed by atoms with Crippen LogP contribution in [0.5, 0.6) is 0 Å². The van der Waals surface area contributed by atoms with Crippen LogP contribution in [0.15, 0.2) is 48.5 Å². The highest BCUT2D eigenvalue weighted by molar-refractivity contribution is 5.90. The molecule has 0 bridgehead atoms. The van der Waals surface area contributed by atoms with Crippen molar-refractivity contribution in [2.45, 2.75) is 25.2 Å². The van der Waals surface area contributed by atoms with Crippen molar-refractivity contribution in [3.05, 3.63) is 71.8 Å². The summed E-state index contributed by atoms with van der Waals surface area (Å²) in [5.41, 5.74) is 1.97. The molecule has 1 amide bonds. The van der Waals surface area contributed by atoms with Crippen molar-refractivity contribution in [3.63, 3.8) is 0 Å². The smallest absolute Gasteiger partial charge is 0.290 e. The monoisotopic (exact) mass is 404 g/mol. The van der Waals surface area contributed by atoms with Gasteiger partial charge in [0.2, 0.25) is 5.82 Å². The fourth-order valence-electron chi connectivity index (χ4n) is 3.60. The molecule has 1 N–H and O–H groups in total. The first-order chi connectivity index (χ1) is 14.6. The molecule has 2 heterocycles. The van der Waals surface area contributed by atoms with Crippen LogP contribution in [0, 0.1) is 5.82 Å². The van der Waals surface area contributed by atoms with Gasteiger partial charge in [-0.1, -0.05) is 24.3 Å². The Hall–Kier alpha value is -3.55. The van der Waals surface area contributed by atoms with E-state index in [4.69, 9.17) is 0 Å². The fraction of sp³-hybridized carbons (Fsp3) is 0.273. The molecule has 1 aliphatic rings. The van der Waals surface area contributed by atoms with Gasteiger partial charge in [0.05, 0.1) is 11.2 Å². The number of imidazole rings is 1. The van der Waals surface area contributed by atoms with Crippen LogP contribution < -0.4 is 5.32 Å². The van der Waals surface area contributed by atoms with Crippen LogP contribution >= 0.6 is 0 Å². The minimum atomic E-state index is -0.346. The van der Waals surface area contributed by atoms with Gasteiger partial charge in [-0.3, -0.25) is 4.79 Å². The van der Waals surface area contributed by atoms with Gasteiger partial charge in [0.1, 0.15) is 17.2 Å². The third-order valence-electron chi connectivity index (χ3n) is 5.37. The first kappa shape index (κ1) is 18.5. The molecular formula is C22H21FN6O. The van der Waals surface area contributed by atoms with E-state index >= 15 is 0 Å². The molecule has 0 spiro atoms. The number of carbonyl (C=O) groups is 1. The van der Waals surface area contributed by atoms with Gasteiger partial charge >= 0.3 is 0 Å². The second-order valence-electron chi connectivity index (χ2n) is 7.52. The number of aryl methyl sites for hydroxylation is 1. The summed E-state index contributed by atoms with van der Waals surface area (Å²) in [6.45, 7) is 0.357. The molecule has 1 aliphatic carbocycles. The molecule has 152 valence electrons. The molecule has 0 radical (unpaired) electrons. The summed E-state index contributed by atoms with van der Waals surface area (Å²) in [7, 11) is 1.84. The van der Waals surface area contributed by atoms with Gasteiger partial charge in [-0.2, -0.15) is 0 Å². The standard InChI is InChI=1S/C22H21FN6O/c1-28-17-9-5-8-16(23)19(17)25-18(28)12-13-24-22(30)20-26-21(14-10-11-14)29(27-20)15-6-3-2-4-7-15/h2-9,14H,10-13H2,1H3,(H,24,30). The number of amides is 1. The lowest BCUT2D eigenvalue weighted by Gasteiger charge is -2.04. The van der Waals surface area contributed by atoms with E-state index in [0.29, 0.717) is 30.2 Å². The highest BCUT2D eigenvalue weighted by Crippen LogP contribution is 2.39. The van der Waals surface area contributed by atoms with Crippen LogP contribution in [0.4, 0.5) is 4.39 Å². The van der Waals surface area contributed by atoms with Crippen molar-refractivity contribution in [1.82, 2.24) is 29.6 Å². The molecular weight excluding hydrogens is 383 g/mol. The summed E-state index contributed by atoms with van der Waals surface area (Å²) in [4.78, 5) is 21.5. The molecule has 1 saturated carbocycles. The lowest BCUT2D eigenvalue weighted by Crippen LogP contribution is -2.27. The molecule has 2 aromatic carbocycles. The summed E-state index contributed by atoms with van der Waals surface area (Å²) in [5, 5.41) is 7.31. The summed E-state index contributed by atoms with van der Waals surface area (Å²) < 4.78 is 17.5. The fourth-order valence-corrected chi connectivity index (χ4v) is 3.60. The predicted molar refractivity (Wildman–Crippen MR) is 110 cm³/mol. The number of nitrogens with zero attached hydrogens (tertiary/aromatic N) is 5. The third-order valence-corrected chi connectivity index (χ3v) is 5.37. The average molecular weight is 404 g/mol. The lowest BCUT2D eigenvalue weighted by molar-refractivity contribution is 0.0943. The maximum Gasteiger partial charge on any atom is 0.290 e. The number of halogens is 1. The Kier molecular flexibility index (Phi) is 4.54. The number of rotatable bonds is 6. The van der Waals surface area contributed by atoms with Crippen LogP contribution in [-0.4, -0.2) is 36.8 Å². The second kappa shape index (κ2) is 7.37. The molecule has 1 fully saturated rings. The summed E-state index contributed by atoms with van der Waals surface area (Å²) in [6, 6.07) is 14.6. The van der Waals surface area contributed by atoms with E-state index in [-0.39, 0.29) is 17.5 Å². The van der Waals surface area contributed by atoms with Crippen LogP contribution in [0.25, 0.3) is 16.7 Å². The number of hydrogen-bond donors (Lipinski definition) is 1. The Balaban J connectivity index is 1.31. The van der Waals surface area contributed by atoms with Gasteiger partial charge < -0.3 is 9.88 Å². The highest BCUT2D eigenvalue weighted by Gasteiger charge is 2.31. The molecule has 7 nitrogen and oxygen atoms in total. The minimum absolute atomic E-state index is 0.164. The van der Waals surface area contributed by atoms with E-state index in [1.807, 2.05) is 48.0 Å². The number of benzene rings is 2. The molecule has 8 heteroatoms. The van der Waals surface area contributed by atoms with E-state index < -0.39 is 0 Å². The number of para-hydroxylation sites is 2. The Labute approximate surface area is 172 Å². The Morgan fingerprint density at radius 1 is 1.13 bits per heavy atom. The van der Waals surface area contributed by atoms with E-state index in [1.165, 1.54) is 6.07 Å². The zero-order valence-electron chi connectivity index (χ0n) is 16.5. The third kappa shape index (κ3) is 3.34. The molecule has 0 unspecified atom stereocenters. The van der Waals surface area contributed by atoms with Gasteiger partial charge in [-0.15, -0.1) is 5.10 Å². The molecule has 2 aromatic heterocycles. The van der Waals surface area contributed by atoms with Crippen LogP contribution in [0.2, 0.25) is 0 Å². The Morgan fingerprint density at radius 3 is 2.67 bits per heavy atom. The molecule has 5 rings (SSSR count). The van der Waals surface area contributed by atoms with Crippen molar-refractivity contribution in [1.29, 1.82) is 0 Å². The van der Waals surface area contributed by atoms with Gasteiger partial charge in [-0.25, -0.2) is 19.0 Å². The van der Waals surface area contributed by atoms with Crippen molar-refractivity contribution >= 4 is 16.9 Å². The number of aromatic nitrogens is 5. The largest absolute Gasteiger partial charge is 0.349 e. The Bertz CT molecular complexity index is 1230. The molecule has 0 saturated heterocycles.